The number of hydrazine groups is 1. The first-order chi connectivity index (χ1) is 16.3. The van der Waals surface area contributed by atoms with Crippen molar-refractivity contribution >= 4 is 23.6 Å². The Morgan fingerprint density at radius 1 is 0.706 bits per heavy atom. The molecule has 0 radical (unpaired) electrons. The minimum atomic E-state index is -0.526. The van der Waals surface area contributed by atoms with Crippen molar-refractivity contribution in [1.29, 1.82) is 0 Å². The predicted molar refractivity (Wildman–Crippen MR) is 126 cm³/mol. The van der Waals surface area contributed by atoms with E-state index in [2.05, 4.69) is 10.9 Å². The minimum absolute atomic E-state index is 0.0832. The van der Waals surface area contributed by atoms with Crippen molar-refractivity contribution in [3.63, 3.8) is 0 Å². The minimum Gasteiger partial charge on any atom is -0.338 e. The number of aryl methyl sites for hydroxylation is 2. The number of rotatable bonds is 6. The normalized spacial score (nSPS) is 20.1. The van der Waals surface area contributed by atoms with Crippen molar-refractivity contribution in [2.45, 2.75) is 39.8 Å². The molecule has 2 fully saturated rings. The van der Waals surface area contributed by atoms with Crippen molar-refractivity contribution in [1.82, 2.24) is 20.7 Å². The molecule has 2 aromatic carbocycles. The topological polar surface area (TPSA) is 98.8 Å². The molecule has 4 rings (SSSR count). The van der Waals surface area contributed by atoms with E-state index in [0.717, 1.165) is 22.3 Å². The Kier molecular flexibility index (Phi) is 6.95. The van der Waals surface area contributed by atoms with Gasteiger partial charge in [-0.15, -0.1) is 0 Å². The number of nitrogens with zero attached hydrogens (tertiary/aromatic N) is 2. The fourth-order valence-corrected chi connectivity index (χ4v) is 4.36. The first kappa shape index (κ1) is 23.5. The van der Waals surface area contributed by atoms with Crippen LogP contribution in [0.1, 0.15) is 35.1 Å². The number of likely N-dealkylation sites (tertiary alicyclic amines) is 2. The van der Waals surface area contributed by atoms with Gasteiger partial charge in [-0.3, -0.25) is 30.0 Å². The molecule has 178 valence electrons. The predicted octanol–water partition coefficient (Wildman–Crippen LogP) is 1.85. The van der Waals surface area contributed by atoms with Crippen LogP contribution in [0.3, 0.4) is 0 Å². The van der Waals surface area contributed by atoms with E-state index in [1.807, 2.05) is 62.4 Å². The van der Waals surface area contributed by atoms with Crippen molar-refractivity contribution in [2.75, 3.05) is 13.1 Å². The Morgan fingerprint density at radius 3 is 1.41 bits per heavy atom. The first-order valence-corrected chi connectivity index (χ1v) is 11.5. The maximum absolute atomic E-state index is 12.6. The SMILES string of the molecule is Cc1ccc(CN2C[C@H](C(=O)NNC(=O)[C@H]3CC(=O)N(Cc4ccc(C)cc4)C3)CC2=O)cc1. The summed E-state index contributed by atoms with van der Waals surface area (Å²) < 4.78 is 0. The number of nitrogens with one attached hydrogen (secondary N) is 2. The molecule has 2 aliphatic heterocycles. The highest BCUT2D eigenvalue weighted by Crippen LogP contribution is 2.22. The summed E-state index contributed by atoms with van der Waals surface area (Å²) in [5.74, 6) is -2.01. The lowest BCUT2D eigenvalue weighted by molar-refractivity contribution is -0.133. The molecule has 8 nitrogen and oxygen atoms in total. The Morgan fingerprint density at radius 2 is 1.06 bits per heavy atom. The van der Waals surface area contributed by atoms with Crippen molar-refractivity contribution in [3.05, 3.63) is 70.8 Å². The Bertz CT molecular complexity index is 993. The third-order valence-corrected chi connectivity index (χ3v) is 6.47. The maximum Gasteiger partial charge on any atom is 0.243 e. The molecule has 2 heterocycles. The van der Waals surface area contributed by atoms with E-state index >= 15 is 0 Å². The molecule has 0 unspecified atom stereocenters. The van der Waals surface area contributed by atoms with E-state index in [4.69, 9.17) is 0 Å². The highest BCUT2D eigenvalue weighted by molar-refractivity contribution is 5.92. The molecule has 0 spiro atoms. The molecular formula is C26H30N4O4. The summed E-state index contributed by atoms with van der Waals surface area (Å²) in [5, 5.41) is 0. The highest BCUT2D eigenvalue weighted by atomic mass is 16.2. The summed E-state index contributed by atoms with van der Waals surface area (Å²) in [6.45, 7) is 5.53. The number of benzene rings is 2. The van der Waals surface area contributed by atoms with Crippen LogP contribution in [0.25, 0.3) is 0 Å². The van der Waals surface area contributed by atoms with Gasteiger partial charge in [0.05, 0.1) is 11.8 Å². The second kappa shape index (κ2) is 10.1. The van der Waals surface area contributed by atoms with Crippen molar-refractivity contribution in [3.8, 4) is 0 Å². The molecule has 0 aromatic heterocycles. The number of carbonyl (C=O) groups is 4. The lowest BCUT2D eigenvalue weighted by Crippen LogP contribution is -2.47. The third kappa shape index (κ3) is 5.62. The van der Waals surface area contributed by atoms with Gasteiger partial charge < -0.3 is 9.80 Å². The average molecular weight is 463 g/mol. The Labute approximate surface area is 199 Å². The summed E-state index contributed by atoms with van der Waals surface area (Å²) in [6.07, 6.45) is 0.222. The summed E-state index contributed by atoms with van der Waals surface area (Å²) in [7, 11) is 0. The van der Waals surface area contributed by atoms with Crippen LogP contribution in [0.2, 0.25) is 0 Å². The monoisotopic (exact) mass is 462 g/mol. The van der Waals surface area contributed by atoms with Crippen LogP contribution >= 0.6 is 0 Å². The molecule has 34 heavy (non-hydrogen) atoms. The van der Waals surface area contributed by atoms with Gasteiger partial charge in [-0.2, -0.15) is 0 Å². The van der Waals surface area contributed by atoms with Crippen LogP contribution in [-0.4, -0.2) is 46.5 Å². The van der Waals surface area contributed by atoms with Crippen LogP contribution in [0.15, 0.2) is 48.5 Å². The molecule has 0 saturated carbocycles. The van der Waals surface area contributed by atoms with Crippen LogP contribution in [0.5, 0.6) is 0 Å². The maximum atomic E-state index is 12.6. The van der Waals surface area contributed by atoms with Gasteiger partial charge in [0, 0.05) is 39.0 Å². The molecule has 8 heteroatoms. The lowest BCUT2D eigenvalue weighted by Gasteiger charge is -2.18. The van der Waals surface area contributed by atoms with Crippen LogP contribution in [0.4, 0.5) is 0 Å². The zero-order valence-electron chi connectivity index (χ0n) is 19.5. The number of carbonyl (C=O) groups excluding carboxylic acids is 4. The summed E-state index contributed by atoms with van der Waals surface area (Å²) in [4.78, 5) is 53.2. The van der Waals surface area contributed by atoms with Gasteiger partial charge in [0.25, 0.3) is 0 Å². The molecule has 0 bridgehead atoms. The van der Waals surface area contributed by atoms with Gasteiger partial charge in [0.15, 0.2) is 0 Å². The third-order valence-electron chi connectivity index (χ3n) is 6.47. The second-order valence-electron chi connectivity index (χ2n) is 9.30. The van der Waals surface area contributed by atoms with Gasteiger partial charge in [-0.05, 0) is 25.0 Å². The molecule has 2 atom stereocenters. The molecule has 4 amide bonds. The first-order valence-electron chi connectivity index (χ1n) is 11.5. The van der Waals surface area contributed by atoms with Gasteiger partial charge in [0.1, 0.15) is 0 Å². The smallest absolute Gasteiger partial charge is 0.243 e. The summed E-state index contributed by atoms with van der Waals surface area (Å²) in [6, 6.07) is 15.9. The molecule has 2 N–H and O–H groups in total. The van der Waals surface area contributed by atoms with Crippen LogP contribution < -0.4 is 10.9 Å². The van der Waals surface area contributed by atoms with Crippen molar-refractivity contribution < 1.29 is 19.2 Å². The van der Waals surface area contributed by atoms with E-state index in [1.54, 1.807) is 9.80 Å². The molecule has 2 aromatic rings. The number of amides is 4. The van der Waals surface area contributed by atoms with E-state index < -0.39 is 23.7 Å². The van der Waals surface area contributed by atoms with Crippen LogP contribution in [-0.2, 0) is 32.3 Å². The average Bonchev–Trinajstić information content (AvgIpc) is 3.37. The van der Waals surface area contributed by atoms with Crippen LogP contribution in [0, 0.1) is 25.7 Å². The van der Waals surface area contributed by atoms with Crippen molar-refractivity contribution in [2.24, 2.45) is 11.8 Å². The fraction of sp³-hybridized carbons (Fsp3) is 0.385. The van der Waals surface area contributed by atoms with Gasteiger partial charge in [-0.1, -0.05) is 59.7 Å². The van der Waals surface area contributed by atoms with Gasteiger partial charge >= 0.3 is 0 Å². The van der Waals surface area contributed by atoms with Gasteiger partial charge in [0.2, 0.25) is 23.6 Å². The fourth-order valence-electron chi connectivity index (χ4n) is 4.36. The summed E-state index contributed by atoms with van der Waals surface area (Å²) in [5.41, 5.74) is 9.21. The van der Waals surface area contributed by atoms with E-state index in [9.17, 15) is 19.2 Å². The zero-order valence-corrected chi connectivity index (χ0v) is 19.5. The zero-order chi connectivity index (χ0) is 24.2. The molecule has 2 saturated heterocycles. The molecular weight excluding hydrogens is 432 g/mol. The lowest BCUT2D eigenvalue weighted by atomic mass is 10.1. The Hall–Kier alpha value is -3.68. The highest BCUT2D eigenvalue weighted by Gasteiger charge is 2.36. The molecule has 0 aliphatic carbocycles. The second-order valence-corrected chi connectivity index (χ2v) is 9.30. The Balaban J connectivity index is 1.24. The standard InChI is InChI=1S/C26H30N4O4/c1-17-3-7-19(8-4-17)13-29-15-21(11-23(29)31)25(33)27-28-26(34)22-12-24(32)30(16-22)14-20-9-5-18(2)6-10-20/h3-10,21-22H,11-16H2,1-2H3,(H,27,33)(H,28,34)/t21-,22+. The number of hydrogen-bond donors (Lipinski definition) is 2. The quantitative estimate of drug-likeness (QED) is 0.640. The van der Waals surface area contributed by atoms with Gasteiger partial charge in [-0.25, -0.2) is 0 Å². The van der Waals surface area contributed by atoms with E-state index in [0.29, 0.717) is 26.2 Å². The van der Waals surface area contributed by atoms with E-state index in [1.165, 1.54) is 0 Å². The summed E-state index contributed by atoms with van der Waals surface area (Å²) >= 11 is 0. The largest absolute Gasteiger partial charge is 0.338 e. The van der Waals surface area contributed by atoms with E-state index in [-0.39, 0.29) is 24.7 Å². The molecule has 2 aliphatic rings. The number of hydrogen-bond acceptors (Lipinski definition) is 4.